The zero-order valence-corrected chi connectivity index (χ0v) is 6.55. The van der Waals surface area contributed by atoms with E-state index in [0.29, 0.717) is 0 Å². The van der Waals surface area contributed by atoms with Crippen molar-refractivity contribution in [2.24, 2.45) is 15.4 Å². The number of hydrogen-bond acceptors (Lipinski definition) is 7. The Morgan fingerprint density at radius 2 is 2.00 bits per heavy atom. The SMILES string of the molecule is N#CC1(C#N)N=NN=C1C(=O)[O-].[Li+]. The van der Waals surface area contributed by atoms with E-state index in [1.54, 1.807) is 0 Å². The van der Waals surface area contributed by atoms with E-state index in [2.05, 4.69) is 15.4 Å². The molecule has 0 bridgehead atoms. The third-order valence-corrected chi connectivity index (χ3v) is 1.20. The number of carbonyl (C=O) groups excluding carboxylic acids is 1. The number of nitriles is 2. The van der Waals surface area contributed by atoms with Crippen LogP contribution in [0, 0.1) is 22.7 Å². The number of hydrogen-bond donors (Lipinski definition) is 0. The summed E-state index contributed by atoms with van der Waals surface area (Å²) >= 11 is 0. The molecule has 0 N–H and O–H groups in total. The van der Waals surface area contributed by atoms with Gasteiger partial charge in [-0.2, -0.15) is 10.5 Å². The van der Waals surface area contributed by atoms with Crippen LogP contribution >= 0.6 is 0 Å². The number of aliphatic carboxylic acids is 1. The first kappa shape index (κ1) is 11.3. The fraction of sp³-hybridized carbons (Fsp3) is 0.200. The number of rotatable bonds is 1. The summed E-state index contributed by atoms with van der Waals surface area (Å²) in [5, 5.41) is 36.2. The van der Waals surface area contributed by atoms with E-state index in [1.807, 2.05) is 0 Å². The minimum absolute atomic E-state index is 0. The van der Waals surface area contributed by atoms with Crippen molar-refractivity contribution in [2.75, 3.05) is 0 Å². The van der Waals surface area contributed by atoms with Crippen LogP contribution in [0.1, 0.15) is 0 Å². The van der Waals surface area contributed by atoms with Crippen LogP contribution < -0.4 is 24.0 Å². The van der Waals surface area contributed by atoms with E-state index in [4.69, 9.17) is 10.5 Å². The van der Waals surface area contributed by atoms with Gasteiger partial charge in [-0.3, -0.25) is 0 Å². The molecular weight excluding hydrogens is 169 g/mol. The van der Waals surface area contributed by atoms with Gasteiger partial charge in [0.25, 0.3) is 5.54 Å². The Bertz CT molecular complexity index is 359. The molecule has 0 aromatic carbocycles. The van der Waals surface area contributed by atoms with Gasteiger partial charge in [-0.1, -0.05) is 0 Å². The van der Waals surface area contributed by atoms with Gasteiger partial charge in [0.05, 0.1) is 5.97 Å². The maximum atomic E-state index is 10.3. The van der Waals surface area contributed by atoms with Crippen LogP contribution in [0.15, 0.2) is 15.4 Å². The molecule has 0 aromatic rings. The summed E-state index contributed by atoms with van der Waals surface area (Å²) in [4.78, 5) is 10.3. The Hall–Kier alpha value is -1.68. The van der Waals surface area contributed by atoms with Crippen molar-refractivity contribution >= 4 is 11.7 Å². The van der Waals surface area contributed by atoms with Crippen molar-refractivity contribution in [3.8, 4) is 12.1 Å². The average molecular weight is 169 g/mol. The van der Waals surface area contributed by atoms with E-state index in [-0.39, 0.29) is 18.9 Å². The molecule has 13 heavy (non-hydrogen) atoms. The summed E-state index contributed by atoms with van der Waals surface area (Å²) in [7, 11) is 0. The minimum Gasteiger partial charge on any atom is -0.543 e. The largest absolute Gasteiger partial charge is 1.00 e. The molecule has 0 fully saturated rings. The molecule has 0 saturated carbocycles. The van der Waals surface area contributed by atoms with Gasteiger partial charge in [-0.15, -0.1) is 10.2 Å². The van der Waals surface area contributed by atoms with Crippen molar-refractivity contribution < 1.29 is 28.8 Å². The molecule has 0 aromatic heterocycles. The maximum Gasteiger partial charge on any atom is 1.00 e. The van der Waals surface area contributed by atoms with Crippen LogP contribution in [0.5, 0.6) is 0 Å². The zero-order valence-electron chi connectivity index (χ0n) is 6.55. The summed E-state index contributed by atoms with van der Waals surface area (Å²) in [5.74, 6) is -1.72. The first-order valence-electron chi connectivity index (χ1n) is 2.70. The molecule has 0 aliphatic carbocycles. The number of carboxylic acid groups (broad SMARTS) is 1. The normalized spacial score (nSPS) is 16.3. The van der Waals surface area contributed by atoms with Crippen LogP contribution in [0.25, 0.3) is 0 Å². The van der Waals surface area contributed by atoms with Gasteiger partial charge in [-0.25, -0.2) is 0 Å². The second-order valence-electron chi connectivity index (χ2n) is 1.86. The van der Waals surface area contributed by atoms with Gasteiger partial charge in [0.1, 0.15) is 17.9 Å². The van der Waals surface area contributed by atoms with Gasteiger partial charge in [0, 0.05) is 0 Å². The van der Waals surface area contributed by atoms with Gasteiger partial charge >= 0.3 is 18.9 Å². The fourth-order valence-corrected chi connectivity index (χ4v) is 0.618. The average Bonchev–Trinajstić information content (AvgIpc) is 2.48. The molecule has 0 radical (unpaired) electrons. The first-order chi connectivity index (χ1) is 5.66. The second kappa shape index (κ2) is 3.82. The van der Waals surface area contributed by atoms with Crippen LogP contribution in [0.2, 0.25) is 0 Å². The molecule has 0 spiro atoms. The van der Waals surface area contributed by atoms with Gasteiger partial charge in [-0.05, 0) is 5.22 Å². The van der Waals surface area contributed by atoms with Crippen LogP contribution in [-0.2, 0) is 4.79 Å². The summed E-state index contributed by atoms with van der Waals surface area (Å²) in [5.41, 5.74) is -2.90. The molecule has 0 saturated heterocycles. The topological polar surface area (TPSA) is 125 Å². The third kappa shape index (κ3) is 1.57. The molecular formula is C5LiN5O2. The van der Waals surface area contributed by atoms with E-state index < -0.39 is 17.2 Å². The smallest absolute Gasteiger partial charge is 0.543 e. The second-order valence-corrected chi connectivity index (χ2v) is 1.86. The molecule has 1 aliphatic heterocycles. The maximum absolute atomic E-state index is 10.3. The van der Waals surface area contributed by atoms with Gasteiger partial charge in [0.2, 0.25) is 0 Å². The summed E-state index contributed by atoms with van der Waals surface area (Å²) in [6, 6.07) is 2.77. The predicted molar refractivity (Wildman–Crippen MR) is 31.3 cm³/mol. The van der Waals surface area contributed by atoms with Gasteiger partial charge in [0.15, 0.2) is 0 Å². The molecule has 8 heteroatoms. The van der Waals surface area contributed by atoms with Crippen molar-refractivity contribution in [1.82, 2.24) is 0 Å². The summed E-state index contributed by atoms with van der Waals surface area (Å²) < 4.78 is 0. The quantitative estimate of drug-likeness (QED) is 0.366. The molecule has 1 aliphatic rings. The Kier molecular flexibility index (Phi) is 3.32. The fourth-order valence-electron chi connectivity index (χ4n) is 0.618. The number of carbonyl (C=O) groups is 1. The predicted octanol–water partition coefficient (Wildman–Crippen LogP) is -4.65. The molecule has 0 amide bonds. The monoisotopic (exact) mass is 169 g/mol. The first-order valence-corrected chi connectivity index (χ1v) is 2.70. The van der Waals surface area contributed by atoms with Gasteiger partial charge < -0.3 is 9.90 Å². The van der Waals surface area contributed by atoms with E-state index in [1.165, 1.54) is 12.1 Å². The molecule has 0 unspecified atom stereocenters. The Balaban J connectivity index is 0.00000144. The summed E-state index contributed by atoms with van der Waals surface area (Å²) in [6.07, 6.45) is 0. The Labute approximate surface area is 84.5 Å². The van der Waals surface area contributed by atoms with E-state index in [0.717, 1.165) is 0 Å². The van der Waals surface area contributed by atoms with Crippen molar-refractivity contribution in [3.05, 3.63) is 0 Å². The van der Waals surface area contributed by atoms with Crippen molar-refractivity contribution in [3.63, 3.8) is 0 Å². The van der Waals surface area contributed by atoms with Crippen LogP contribution in [-0.4, -0.2) is 17.2 Å². The number of nitrogens with zero attached hydrogens (tertiary/aromatic N) is 5. The molecule has 1 rings (SSSR count). The molecule has 58 valence electrons. The molecule has 0 atom stereocenters. The zero-order chi connectivity index (χ0) is 9.19. The van der Waals surface area contributed by atoms with Crippen LogP contribution in [0.3, 0.4) is 0 Å². The van der Waals surface area contributed by atoms with Crippen LogP contribution in [0.4, 0.5) is 0 Å². The molecule has 1 heterocycles. The third-order valence-electron chi connectivity index (χ3n) is 1.20. The van der Waals surface area contributed by atoms with E-state index in [9.17, 15) is 9.90 Å². The minimum atomic E-state index is -2.13. The van der Waals surface area contributed by atoms with E-state index >= 15 is 0 Å². The van der Waals surface area contributed by atoms with Crippen molar-refractivity contribution in [1.29, 1.82) is 10.5 Å². The molecule has 7 nitrogen and oxygen atoms in total. The number of carboxylic acids is 1. The Morgan fingerprint density at radius 1 is 1.46 bits per heavy atom. The van der Waals surface area contributed by atoms with Crippen molar-refractivity contribution in [2.45, 2.75) is 5.54 Å². The Morgan fingerprint density at radius 3 is 2.31 bits per heavy atom. The standard InChI is InChI=1S/C5HN5O2.Li/c6-1-5(2-7)3(4(11)12)8-10-9-5;/h(H,11,12);/q;+1/p-1. The summed E-state index contributed by atoms with van der Waals surface area (Å²) in [6.45, 7) is 0.